The molecule has 0 spiro atoms. The lowest BCUT2D eigenvalue weighted by atomic mass is 10.0. The van der Waals surface area contributed by atoms with E-state index in [0.717, 1.165) is 37.2 Å². The zero-order valence-corrected chi connectivity index (χ0v) is 12.5. The Balaban J connectivity index is 2.19. The molecule has 0 aliphatic carbocycles. The summed E-state index contributed by atoms with van der Waals surface area (Å²) in [7, 11) is 0. The van der Waals surface area contributed by atoms with Crippen molar-refractivity contribution < 1.29 is 0 Å². The van der Waals surface area contributed by atoms with Crippen LogP contribution < -0.4 is 5.32 Å². The van der Waals surface area contributed by atoms with Crippen LogP contribution in [0.1, 0.15) is 43.3 Å². The molecular formula is C15H23N5. The van der Waals surface area contributed by atoms with E-state index in [1.165, 1.54) is 5.69 Å². The Bertz CT molecular complexity index is 520. The summed E-state index contributed by atoms with van der Waals surface area (Å²) in [6.07, 6.45) is 7.36. The molecule has 2 aromatic heterocycles. The van der Waals surface area contributed by atoms with Crippen molar-refractivity contribution in [1.82, 2.24) is 25.1 Å². The molecule has 0 aliphatic heterocycles. The molecule has 1 atom stereocenters. The monoisotopic (exact) mass is 273 g/mol. The molecule has 5 nitrogen and oxygen atoms in total. The zero-order chi connectivity index (χ0) is 14.4. The van der Waals surface area contributed by atoms with Gasteiger partial charge in [-0.25, -0.2) is 9.97 Å². The van der Waals surface area contributed by atoms with E-state index in [9.17, 15) is 0 Å². The van der Waals surface area contributed by atoms with Gasteiger partial charge in [0.25, 0.3) is 0 Å². The number of nitrogens with zero attached hydrogens (tertiary/aromatic N) is 4. The molecule has 5 heteroatoms. The molecule has 0 radical (unpaired) electrons. The smallest absolute Gasteiger partial charge is 0.115 e. The predicted molar refractivity (Wildman–Crippen MR) is 79.4 cm³/mol. The van der Waals surface area contributed by atoms with Crippen LogP contribution in [0.2, 0.25) is 0 Å². The van der Waals surface area contributed by atoms with Gasteiger partial charge in [0.05, 0.1) is 5.69 Å². The minimum atomic E-state index is 0.234. The Morgan fingerprint density at radius 3 is 2.65 bits per heavy atom. The van der Waals surface area contributed by atoms with Crippen molar-refractivity contribution in [2.24, 2.45) is 0 Å². The van der Waals surface area contributed by atoms with Gasteiger partial charge in [0, 0.05) is 42.7 Å². The third-order valence-corrected chi connectivity index (χ3v) is 3.32. The van der Waals surface area contributed by atoms with Gasteiger partial charge in [0.1, 0.15) is 6.33 Å². The fourth-order valence-corrected chi connectivity index (χ4v) is 2.36. The molecule has 1 N–H and O–H groups in total. The Labute approximate surface area is 120 Å². The highest BCUT2D eigenvalue weighted by Crippen LogP contribution is 2.18. The molecule has 0 bridgehead atoms. The Kier molecular flexibility index (Phi) is 5.24. The van der Waals surface area contributed by atoms with Crippen molar-refractivity contribution in [2.75, 3.05) is 6.54 Å². The van der Waals surface area contributed by atoms with Crippen molar-refractivity contribution in [3.63, 3.8) is 0 Å². The Morgan fingerprint density at radius 1 is 1.25 bits per heavy atom. The maximum Gasteiger partial charge on any atom is 0.115 e. The van der Waals surface area contributed by atoms with E-state index in [0.29, 0.717) is 0 Å². The molecule has 108 valence electrons. The molecule has 0 amide bonds. The van der Waals surface area contributed by atoms with Crippen molar-refractivity contribution in [3.05, 3.63) is 41.7 Å². The average Bonchev–Trinajstić information content (AvgIpc) is 2.84. The quantitative estimate of drug-likeness (QED) is 0.841. The summed E-state index contributed by atoms with van der Waals surface area (Å²) in [5.74, 6) is 0. The van der Waals surface area contributed by atoms with Gasteiger partial charge in [-0.3, -0.25) is 4.68 Å². The number of rotatable bonds is 7. The van der Waals surface area contributed by atoms with Gasteiger partial charge in [-0.05, 0) is 32.9 Å². The van der Waals surface area contributed by atoms with Crippen molar-refractivity contribution >= 4 is 0 Å². The van der Waals surface area contributed by atoms with Crippen LogP contribution in [-0.4, -0.2) is 26.3 Å². The van der Waals surface area contributed by atoms with Crippen molar-refractivity contribution in [1.29, 1.82) is 0 Å². The summed E-state index contributed by atoms with van der Waals surface area (Å²) < 4.78 is 2.07. The van der Waals surface area contributed by atoms with E-state index in [4.69, 9.17) is 0 Å². The largest absolute Gasteiger partial charge is 0.310 e. The lowest BCUT2D eigenvalue weighted by molar-refractivity contribution is 0.500. The van der Waals surface area contributed by atoms with Crippen LogP contribution in [0, 0.1) is 6.92 Å². The number of hydrogen-bond acceptors (Lipinski definition) is 4. The minimum absolute atomic E-state index is 0.234. The van der Waals surface area contributed by atoms with Crippen LogP contribution in [-0.2, 0) is 13.0 Å². The van der Waals surface area contributed by atoms with E-state index >= 15 is 0 Å². The second-order valence-corrected chi connectivity index (χ2v) is 4.98. The van der Waals surface area contributed by atoms with Crippen LogP contribution in [0.15, 0.2) is 24.8 Å². The van der Waals surface area contributed by atoms with Crippen LogP contribution in [0.4, 0.5) is 0 Å². The topological polar surface area (TPSA) is 55.6 Å². The van der Waals surface area contributed by atoms with Crippen LogP contribution in [0.25, 0.3) is 0 Å². The molecule has 0 aliphatic rings. The third kappa shape index (κ3) is 3.63. The van der Waals surface area contributed by atoms with Crippen molar-refractivity contribution in [3.8, 4) is 0 Å². The summed E-state index contributed by atoms with van der Waals surface area (Å²) >= 11 is 0. The van der Waals surface area contributed by atoms with Crippen LogP contribution in [0.5, 0.6) is 0 Å². The summed E-state index contributed by atoms with van der Waals surface area (Å²) in [6, 6.07) is 2.39. The average molecular weight is 273 g/mol. The Morgan fingerprint density at radius 2 is 2.00 bits per heavy atom. The first-order valence-corrected chi connectivity index (χ1v) is 7.26. The summed E-state index contributed by atoms with van der Waals surface area (Å²) in [4.78, 5) is 8.26. The third-order valence-electron chi connectivity index (χ3n) is 3.32. The molecule has 1 unspecified atom stereocenters. The highest BCUT2D eigenvalue weighted by molar-refractivity contribution is 5.16. The number of aromatic nitrogens is 4. The normalized spacial score (nSPS) is 12.6. The fourth-order valence-electron chi connectivity index (χ4n) is 2.36. The first-order valence-electron chi connectivity index (χ1n) is 7.26. The molecule has 0 aromatic carbocycles. The van der Waals surface area contributed by atoms with Gasteiger partial charge in [-0.15, -0.1) is 0 Å². The molecule has 2 aromatic rings. The van der Waals surface area contributed by atoms with E-state index in [1.54, 1.807) is 6.33 Å². The summed E-state index contributed by atoms with van der Waals surface area (Å²) in [5, 5.41) is 8.09. The van der Waals surface area contributed by atoms with Crippen LogP contribution >= 0.6 is 0 Å². The summed E-state index contributed by atoms with van der Waals surface area (Å²) in [6.45, 7) is 8.21. The molecular weight excluding hydrogens is 250 g/mol. The lowest BCUT2D eigenvalue weighted by Crippen LogP contribution is -2.25. The van der Waals surface area contributed by atoms with E-state index in [-0.39, 0.29) is 6.04 Å². The molecule has 0 saturated carbocycles. The molecule has 20 heavy (non-hydrogen) atoms. The number of aryl methyl sites for hydroxylation is 2. The van der Waals surface area contributed by atoms with Crippen molar-refractivity contribution in [2.45, 2.75) is 46.2 Å². The van der Waals surface area contributed by atoms with Crippen LogP contribution in [0.3, 0.4) is 0 Å². The van der Waals surface area contributed by atoms with Gasteiger partial charge in [0.15, 0.2) is 0 Å². The van der Waals surface area contributed by atoms with Gasteiger partial charge < -0.3 is 5.32 Å². The lowest BCUT2D eigenvalue weighted by Gasteiger charge is -2.18. The Hall–Kier alpha value is -1.75. The van der Waals surface area contributed by atoms with E-state index < -0.39 is 0 Å². The second kappa shape index (κ2) is 7.14. The first-order chi connectivity index (χ1) is 9.74. The molecule has 0 fully saturated rings. The zero-order valence-electron chi connectivity index (χ0n) is 12.5. The highest BCUT2D eigenvalue weighted by atomic mass is 15.3. The molecule has 2 heterocycles. The van der Waals surface area contributed by atoms with Gasteiger partial charge in [0.2, 0.25) is 0 Å². The molecule has 2 rings (SSSR count). The number of nitrogens with one attached hydrogen (secondary N) is 1. The van der Waals surface area contributed by atoms with Gasteiger partial charge in [-0.2, -0.15) is 5.10 Å². The van der Waals surface area contributed by atoms with E-state index in [1.807, 2.05) is 19.3 Å². The highest BCUT2D eigenvalue weighted by Gasteiger charge is 2.15. The standard InChI is InChI=1S/C15H23N5/c1-4-6-18-15(13-9-16-11-17-10-13)8-14-7-12(3)19-20(14)5-2/h7,9-11,15,18H,4-6,8H2,1-3H3. The maximum atomic E-state index is 4.51. The minimum Gasteiger partial charge on any atom is -0.310 e. The number of hydrogen-bond donors (Lipinski definition) is 1. The van der Waals surface area contributed by atoms with E-state index in [2.05, 4.69) is 45.0 Å². The summed E-state index contributed by atoms with van der Waals surface area (Å²) in [5.41, 5.74) is 3.45. The fraction of sp³-hybridized carbons (Fsp3) is 0.533. The van der Waals surface area contributed by atoms with Gasteiger partial charge >= 0.3 is 0 Å². The van der Waals surface area contributed by atoms with Gasteiger partial charge in [-0.1, -0.05) is 6.92 Å². The first kappa shape index (κ1) is 14.7. The second-order valence-electron chi connectivity index (χ2n) is 4.98. The maximum absolute atomic E-state index is 4.51. The predicted octanol–water partition coefficient (Wildman–Crippen LogP) is 2.28. The SMILES string of the molecule is CCCNC(Cc1cc(C)nn1CC)c1cncnc1. The molecule has 0 saturated heterocycles.